The molecule has 5 N–H and O–H groups in total. The number of hydrogen-bond donors (Lipinski definition) is 4. The molecule has 2 aliphatic rings. The second-order valence-corrected chi connectivity index (χ2v) is 9.28. The van der Waals surface area contributed by atoms with E-state index in [1.54, 1.807) is 0 Å². The highest BCUT2D eigenvalue weighted by Crippen LogP contribution is 2.53. The van der Waals surface area contributed by atoms with E-state index in [2.05, 4.69) is 15.0 Å². The van der Waals surface area contributed by atoms with Crippen LogP contribution in [0.4, 0.5) is 10.3 Å². The van der Waals surface area contributed by atoms with Crippen LogP contribution in [0.25, 0.3) is 11.2 Å². The van der Waals surface area contributed by atoms with Gasteiger partial charge in [0.05, 0.1) is 6.61 Å². The number of aromatic amines is 1. The Morgan fingerprint density at radius 1 is 1.32 bits per heavy atom. The number of nitrogens with two attached hydrogens (primary N) is 1. The molecule has 31 heavy (non-hydrogen) atoms. The summed E-state index contributed by atoms with van der Waals surface area (Å²) in [6.45, 7) is -0.283. The maximum atomic E-state index is 13.3. The van der Waals surface area contributed by atoms with E-state index in [1.807, 2.05) is 0 Å². The van der Waals surface area contributed by atoms with E-state index in [0.29, 0.717) is 4.90 Å². The zero-order chi connectivity index (χ0) is 21.9. The topological polar surface area (TPSA) is 175 Å². The quantitative estimate of drug-likeness (QED) is 0.397. The van der Waals surface area contributed by atoms with E-state index < -0.39 is 43.7 Å². The van der Waals surface area contributed by atoms with Gasteiger partial charge in [-0.15, -0.1) is 0 Å². The van der Waals surface area contributed by atoms with Gasteiger partial charge in [0.1, 0.15) is 24.1 Å². The molecule has 5 atom stereocenters. The lowest BCUT2D eigenvalue weighted by Gasteiger charge is -2.27. The number of imidazole rings is 1. The molecule has 2 aromatic heterocycles. The first-order chi connectivity index (χ1) is 14.7. The van der Waals surface area contributed by atoms with Crippen molar-refractivity contribution in [3.8, 4) is 0 Å². The van der Waals surface area contributed by atoms with E-state index >= 15 is 0 Å². The van der Waals surface area contributed by atoms with E-state index in [9.17, 15) is 23.7 Å². The van der Waals surface area contributed by atoms with Crippen LogP contribution in [0, 0.1) is 5.82 Å². The first kappa shape index (κ1) is 20.6. The summed E-state index contributed by atoms with van der Waals surface area (Å²) in [5, 5.41) is 11.0. The number of nitrogens with zero attached hydrogens (tertiary/aromatic N) is 3. The van der Waals surface area contributed by atoms with Gasteiger partial charge in [-0.1, -0.05) is 11.8 Å². The van der Waals surface area contributed by atoms with Crippen molar-refractivity contribution < 1.29 is 32.7 Å². The van der Waals surface area contributed by atoms with Crippen LogP contribution in [0.15, 0.2) is 39.1 Å². The SMILES string of the molecule is Nc1nc2c(nc(Sc3ccc(F)cc3)n2[C@@H]2O[C@@H]3COP(=O)(O)O[C@H]3[C@H]2O)c(=O)[nH]1. The fourth-order valence-electron chi connectivity index (χ4n) is 3.44. The van der Waals surface area contributed by atoms with Crippen molar-refractivity contribution in [2.75, 3.05) is 12.3 Å². The van der Waals surface area contributed by atoms with Crippen molar-refractivity contribution in [2.24, 2.45) is 0 Å². The minimum Gasteiger partial charge on any atom is -0.386 e. The molecule has 0 aliphatic carbocycles. The Morgan fingerprint density at radius 2 is 2.06 bits per heavy atom. The number of phosphoric ester groups is 1. The third-order valence-electron chi connectivity index (χ3n) is 4.78. The van der Waals surface area contributed by atoms with Gasteiger partial charge in [0.2, 0.25) is 5.95 Å². The molecule has 0 radical (unpaired) electrons. The number of hydrogen-bond acceptors (Lipinski definition) is 10. The summed E-state index contributed by atoms with van der Waals surface area (Å²) in [4.78, 5) is 33.3. The fraction of sp³-hybridized carbons (Fsp3) is 0.312. The van der Waals surface area contributed by atoms with Crippen LogP contribution < -0.4 is 11.3 Å². The molecule has 2 aliphatic heterocycles. The second-order valence-electron chi connectivity index (χ2n) is 6.83. The number of halogens is 1. The van der Waals surface area contributed by atoms with Gasteiger partial charge in [-0.3, -0.25) is 23.4 Å². The van der Waals surface area contributed by atoms with E-state index in [-0.39, 0.29) is 28.9 Å². The van der Waals surface area contributed by atoms with E-state index in [1.165, 1.54) is 28.8 Å². The minimum absolute atomic E-state index is 0.0293. The normalized spacial score (nSPS) is 30.5. The lowest BCUT2D eigenvalue weighted by atomic mass is 10.1. The van der Waals surface area contributed by atoms with Gasteiger partial charge in [-0.25, -0.2) is 13.9 Å². The van der Waals surface area contributed by atoms with Gasteiger partial charge in [0.25, 0.3) is 5.56 Å². The number of ether oxygens (including phenoxy) is 1. The van der Waals surface area contributed by atoms with Gasteiger partial charge >= 0.3 is 7.82 Å². The van der Waals surface area contributed by atoms with Crippen molar-refractivity contribution in [1.82, 2.24) is 19.5 Å². The van der Waals surface area contributed by atoms with Crippen molar-refractivity contribution >= 4 is 36.7 Å². The first-order valence-corrected chi connectivity index (χ1v) is 11.2. The van der Waals surface area contributed by atoms with Gasteiger partial charge in [0, 0.05) is 4.90 Å². The number of aromatic nitrogens is 4. The Labute approximate surface area is 176 Å². The molecule has 3 aromatic rings. The monoisotopic (exact) mass is 471 g/mol. The minimum atomic E-state index is -4.33. The number of nitrogen functional groups attached to an aromatic ring is 1. The summed E-state index contributed by atoms with van der Waals surface area (Å²) in [7, 11) is -4.33. The highest BCUT2D eigenvalue weighted by molar-refractivity contribution is 7.99. The highest BCUT2D eigenvalue weighted by Gasteiger charge is 2.53. The predicted molar refractivity (Wildman–Crippen MR) is 104 cm³/mol. The highest BCUT2D eigenvalue weighted by atomic mass is 32.2. The van der Waals surface area contributed by atoms with Crippen molar-refractivity contribution in [2.45, 2.75) is 34.6 Å². The van der Waals surface area contributed by atoms with Crippen molar-refractivity contribution in [1.29, 1.82) is 0 Å². The molecule has 4 heterocycles. The number of benzene rings is 1. The van der Waals surface area contributed by atoms with Gasteiger partial charge in [0.15, 0.2) is 22.5 Å². The lowest BCUT2D eigenvalue weighted by Crippen LogP contribution is -2.39. The summed E-state index contributed by atoms with van der Waals surface area (Å²) in [6.07, 6.45) is -4.61. The van der Waals surface area contributed by atoms with Crippen LogP contribution in [-0.4, -0.2) is 54.4 Å². The average Bonchev–Trinajstić information content (AvgIpc) is 3.20. The Balaban J connectivity index is 1.62. The summed E-state index contributed by atoms with van der Waals surface area (Å²) in [6, 6.07) is 5.55. The molecule has 15 heteroatoms. The summed E-state index contributed by atoms with van der Waals surface area (Å²) >= 11 is 1.07. The Morgan fingerprint density at radius 3 is 2.81 bits per heavy atom. The standard InChI is InChI=1S/C16H15FN5O7PS/c17-6-1-3-7(4-2-6)31-16-19-9-12(20-15(18)21-13(9)24)22(16)14-10(23)11-8(28-14)5-27-30(25,26)29-11/h1-4,8,10-11,14,23H,5H2,(H,25,26)(H3,18,20,21,24)/t8-,10-,11-,14-/m1/s1. The number of rotatable bonds is 3. The molecule has 0 saturated carbocycles. The van der Waals surface area contributed by atoms with E-state index in [0.717, 1.165) is 11.8 Å². The molecule has 5 rings (SSSR count). The van der Waals surface area contributed by atoms with Gasteiger partial charge in [-0.05, 0) is 24.3 Å². The number of fused-ring (bicyclic) bond motifs is 2. The van der Waals surface area contributed by atoms with Gasteiger partial charge < -0.3 is 20.5 Å². The van der Waals surface area contributed by atoms with E-state index in [4.69, 9.17) is 19.5 Å². The molecule has 1 unspecified atom stereocenters. The number of anilines is 1. The van der Waals surface area contributed by atoms with Crippen LogP contribution in [0.5, 0.6) is 0 Å². The Hall–Kier alpha value is -2.32. The number of aliphatic hydroxyl groups is 1. The molecule has 1 aromatic carbocycles. The first-order valence-electron chi connectivity index (χ1n) is 8.92. The average molecular weight is 471 g/mol. The smallest absolute Gasteiger partial charge is 0.386 e. The maximum Gasteiger partial charge on any atom is 0.472 e. The van der Waals surface area contributed by atoms with Crippen LogP contribution in [0.1, 0.15) is 6.23 Å². The number of aliphatic hydroxyl groups excluding tert-OH is 1. The predicted octanol–water partition coefficient (Wildman–Crippen LogP) is 0.766. The summed E-state index contributed by atoms with van der Waals surface area (Å²) < 4.78 is 42.0. The lowest BCUT2D eigenvalue weighted by molar-refractivity contribution is -0.0684. The third-order valence-corrected chi connectivity index (χ3v) is 6.74. The fourth-order valence-corrected chi connectivity index (χ4v) is 5.31. The van der Waals surface area contributed by atoms with Crippen molar-refractivity contribution in [3.05, 3.63) is 40.4 Å². The van der Waals surface area contributed by atoms with Crippen molar-refractivity contribution in [3.63, 3.8) is 0 Å². The summed E-state index contributed by atoms with van der Waals surface area (Å²) in [5.74, 6) is -0.603. The largest absolute Gasteiger partial charge is 0.472 e. The zero-order valence-corrected chi connectivity index (χ0v) is 17.1. The van der Waals surface area contributed by atoms with Crippen LogP contribution in [-0.2, 0) is 18.3 Å². The molecule has 2 fully saturated rings. The molecule has 0 amide bonds. The third kappa shape index (κ3) is 3.65. The molecule has 2 saturated heterocycles. The second kappa shape index (κ2) is 7.38. The Kier molecular flexibility index (Phi) is 4.90. The molecular weight excluding hydrogens is 456 g/mol. The van der Waals surface area contributed by atoms with Crippen LogP contribution >= 0.6 is 19.6 Å². The number of phosphoric acid groups is 1. The van der Waals surface area contributed by atoms with Crippen LogP contribution in [0.3, 0.4) is 0 Å². The van der Waals surface area contributed by atoms with Crippen LogP contribution in [0.2, 0.25) is 0 Å². The molecule has 164 valence electrons. The number of H-pyrrole nitrogens is 1. The summed E-state index contributed by atoms with van der Waals surface area (Å²) in [5.41, 5.74) is 5.05. The molecule has 0 bridgehead atoms. The van der Waals surface area contributed by atoms with Gasteiger partial charge in [-0.2, -0.15) is 4.98 Å². The molecular formula is C16H15FN5O7PS. The maximum absolute atomic E-state index is 13.3. The number of nitrogens with one attached hydrogen (secondary N) is 1. The zero-order valence-electron chi connectivity index (χ0n) is 15.4. The molecule has 0 spiro atoms. The molecule has 12 nitrogen and oxygen atoms in total. The Bertz CT molecular complexity index is 1270.